The molecule has 7 heteroatoms. The van der Waals surface area contributed by atoms with Gasteiger partial charge in [-0.25, -0.2) is 0 Å². The van der Waals surface area contributed by atoms with Crippen LogP contribution < -0.4 is 19.7 Å². The molecule has 0 aromatic heterocycles. The topological polar surface area (TPSA) is 84.9 Å². The van der Waals surface area contributed by atoms with Crippen molar-refractivity contribution in [3.8, 4) is 11.5 Å². The molecule has 0 saturated heterocycles. The Morgan fingerprint density at radius 2 is 1.94 bits per heavy atom. The lowest BCUT2D eigenvalue weighted by atomic mass is 10.0. The number of hydrogen-bond donors (Lipinski definition) is 1. The van der Waals surface area contributed by atoms with Crippen LogP contribution in [-0.4, -0.2) is 43.9 Å². The lowest BCUT2D eigenvalue weighted by Gasteiger charge is -2.29. The number of rotatable bonds is 12. The second-order valence-corrected chi connectivity index (χ2v) is 9.27. The Bertz CT molecular complexity index is 1060. The molecule has 35 heavy (non-hydrogen) atoms. The van der Waals surface area contributed by atoms with E-state index in [2.05, 4.69) is 32.2 Å². The van der Waals surface area contributed by atoms with Gasteiger partial charge in [0.15, 0.2) is 19.0 Å². The summed E-state index contributed by atoms with van der Waals surface area (Å²) >= 11 is 0. The van der Waals surface area contributed by atoms with Gasteiger partial charge in [0.25, 0.3) is 5.91 Å². The highest BCUT2D eigenvalue weighted by Gasteiger charge is 2.26. The van der Waals surface area contributed by atoms with Crippen LogP contribution in [0.15, 0.2) is 36.4 Å². The number of Topliss-reactive ketones (excluding diaryl/α,β-unsaturated/α-hetero) is 1. The van der Waals surface area contributed by atoms with Crippen molar-refractivity contribution in [2.45, 2.75) is 59.3 Å². The largest absolute Gasteiger partial charge is 0.485 e. The number of aryl methyl sites for hydroxylation is 1. The van der Waals surface area contributed by atoms with Crippen molar-refractivity contribution in [1.29, 1.82) is 0 Å². The first-order valence-corrected chi connectivity index (χ1v) is 12.4. The van der Waals surface area contributed by atoms with E-state index >= 15 is 0 Å². The maximum atomic E-state index is 12.9. The van der Waals surface area contributed by atoms with Crippen molar-refractivity contribution in [2.24, 2.45) is 0 Å². The van der Waals surface area contributed by atoms with E-state index in [9.17, 15) is 14.4 Å². The van der Waals surface area contributed by atoms with E-state index in [1.54, 1.807) is 23.1 Å². The molecule has 1 heterocycles. The lowest BCUT2D eigenvalue weighted by molar-refractivity contribution is -0.122. The molecule has 1 N–H and O–H groups in total. The molecule has 0 saturated carbocycles. The summed E-state index contributed by atoms with van der Waals surface area (Å²) < 4.78 is 11.4. The number of ether oxygens (including phenoxy) is 2. The zero-order valence-corrected chi connectivity index (χ0v) is 21.2. The molecule has 1 aliphatic rings. The minimum absolute atomic E-state index is 0.0165. The Morgan fingerprint density at radius 1 is 1.14 bits per heavy atom. The van der Waals surface area contributed by atoms with Crippen LogP contribution in [0.4, 0.5) is 5.69 Å². The van der Waals surface area contributed by atoms with E-state index < -0.39 is 0 Å². The van der Waals surface area contributed by atoms with Crippen LogP contribution in [-0.2, 0) is 9.59 Å². The van der Waals surface area contributed by atoms with Crippen molar-refractivity contribution in [3.63, 3.8) is 0 Å². The van der Waals surface area contributed by atoms with E-state index in [0.717, 1.165) is 24.0 Å². The van der Waals surface area contributed by atoms with Gasteiger partial charge in [-0.1, -0.05) is 33.3 Å². The Labute approximate surface area is 207 Å². The third-order valence-corrected chi connectivity index (χ3v) is 5.97. The van der Waals surface area contributed by atoms with Crippen molar-refractivity contribution >= 4 is 23.3 Å². The molecule has 7 nitrogen and oxygen atoms in total. The molecule has 0 radical (unpaired) electrons. The third-order valence-electron chi connectivity index (χ3n) is 5.97. The summed E-state index contributed by atoms with van der Waals surface area (Å²) in [6.07, 6.45) is 2.83. The summed E-state index contributed by atoms with van der Waals surface area (Å²) in [6.45, 7) is 9.20. The number of ketones is 1. The van der Waals surface area contributed by atoms with Crippen LogP contribution in [0.3, 0.4) is 0 Å². The number of carbonyl (C=O) groups excluding carboxylic acids is 3. The Morgan fingerprint density at radius 3 is 2.69 bits per heavy atom. The summed E-state index contributed by atoms with van der Waals surface area (Å²) in [7, 11) is 0. The number of carbonyl (C=O) groups is 3. The number of nitrogens with zero attached hydrogens (tertiary/aromatic N) is 1. The number of hydrogen-bond acceptors (Lipinski definition) is 5. The van der Waals surface area contributed by atoms with Crippen molar-refractivity contribution in [3.05, 3.63) is 53.1 Å². The molecule has 0 atom stereocenters. The molecule has 2 amide bonds. The maximum Gasteiger partial charge on any atom is 0.265 e. The molecular formula is C28H36N2O5. The van der Waals surface area contributed by atoms with Crippen molar-refractivity contribution in [2.75, 3.05) is 31.2 Å². The van der Waals surface area contributed by atoms with Crippen LogP contribution in [0.1, 0.15) is 73.9 Å². The Kier molecular flexibility index (Phi) is 9.29. The number of fused-ring (bicyclic) bond motifs is 1. The fraction of sp³-hybridized carbons (Fsp3) is 0.464. The molecule has 2 aromatic rings. The van der Waals surface area contributed by atoms with Gasteiger partial charge in [0.05, 0.1) is 5.69 Å². The van der Waals surface area contributed by atoms with Gasteiger partial charge in [0.1, 0.15) is 11.5 Å². The van der Waals surface area contributed by atoms with E-state index in [0.29, 0.717) is 54.6 Å². The summed E-state index contributed by atoms with van der Waals surface area (Å²) in [5, 5.41) is 2.89. The van der Waals surface area contributed by atoms with Gasteiger partial charge in [-0.3, -0.25) is 14.4 Å². The Balaban J connectivity index is 1.64. The van der Waals surface area contributed by atoms with Gasteiger partial charge in [-0.15, -0.1) is 0 Å². The second-order valence-electron chi connectivity index (χ2n) is 9.27. The molecule has 188 valence electrons. The predicted octanol–water partition coefficient (Wildman–Crippen LogP) is 4.80. The SMILES string of the molecule is CCCCNC(=O)CCCN1C(=O)COc2ccc(C(=O)COc3cc(C)cc(C(C)C)c3)cc21. The molecule has 1 aliphatic heterocycles. The van der Waals surface area contributed by atoms with E-state index in [4.69, 9.17) is 9.47 Å². The van der Waals surface area contributed by atoms with Gasteiger partial charge in [0, 0.05) is 25.1 Å². The lowest BCUT2D eigenvalue weighted by Crippen LogP contribution is -2.40. The number of unbranched alkanes of at least 4 members (excludes halogenated alkanes) is 1. The highest BCUT2D eigenvalue weighted by molar-refractivity contribution is 6.02. The fourth-order valence-corrected chi connectivity index (χ4v) is 3.94. The van der Waals surface area contributed by atoms with Crippen LogP contribution in [0.5, 0.6) is 11.5 Å². The first kappa shape index (κ1) is 26.3. The fourth-order valence-electron chi connectivity index (χ4n) is 3.94. The molecule has 0 spiro atoms. The third kappa shape index (κ3) is 7.31. The number of amides is 2. The molecule has 0 bridgehead atoms. The summed E-state index contributed by atoms with van der Waals surface area (Å²) in [4.78, 5) is 39.0. The average molecular weight is 481 g/mol. The molecule has 0 unspecified atom stereocenters. The van der Waals surface area contributed by atoms with Crippen LogP contribution in [0.25, 0.3) is 0 Å². The first-order chi connectivity index (χ1) is 16.8. The van der Waals surface area contributed by atoms with Gasteiger partial charge in [-0.2, -0.15) is 0 Å². The van der Waals surface area contributed by atoms with Crippen LogP contribution in [0, 0.1) is 6.92 Å². The summed E-state index contributed by atoms with van der Waals surface area (Å²) in [6, 6.07) is 11.1. The van der Waals surface area contributed by atoms with Gasteiger partial charge < -0.3 is 19.7 Å². The highest BCUT2D eigenvalue weighted by Crippen LogP contribution is 2.33. The summed E-state index contributed by atoms with van der Waals surface area (Å²) in [5.74, 6) is 1.18. The minimum Gasteiger partial charge on any atom is -0.485 e. The molecule has 0 fully saturated rings. The quantitative estimate of drug-likeness (QED) is 0.348. The van der Waals surface area contributed by atoms with Crippen LogP contribution >= 0.6 is 0 Å². The standard InChI is InChI=1S/C28H36N2O5/c1-5-6-11-29-27(32)8-7-12-30-24-16-21(9-10-26(24)35-18-28(30)33)25(31)17-34-23-14-20(4)13-22(15-23)19(2)3/h9-10,13-16,19H,5-8,11-12,17-18H2,1-4H3,(H,29,32). The number of nitrogens with one attached hydrogen (secondary N) is 1. The van der Waals surface area contributed by atoms with Gasteiger partial charge in [-0.05, 0) is 67.1 Å². The summed E-state index contributed by atoms with van der Waals surface area (Å²) in [5.41, 5.74) is 3.24. The van der Waals surface area contributed by atoms with Gasteiger partial charge >= 0.3 is 0 Å². The highest BCUT2D eigenvalue weighted by atomic mass is 16.5. The monoisotopic (exact) mass is 480 g/mol. The predicted molar refractivity (Wildman–Crippen MR) is 137 cm³/mol. The molecule has 2 aromatic carbocycles. The van der Waals surface area contributed by atoms with Crippen LogP contribution in [0.2, 0.25) is 0 Å². The molecule has 0 aliphatic carbocycles. The smallest absolute Gasteiger partial charge is 0.265 e. The van der Waals surface area contributed by atoms with Crippen molar-refractivity contribution < 1.29 is 23.9 Å². The average Bonchev–Trinajstić information content (AvgIpc) is 2.83. The maximum absolute atomic E-state index is 12.9. The second kappa shape index (κ2) is 12.4. The number of anilines is 1. The number of benzene rings is 2. The zero-order chi connectivity index (χ0) is 25.4. The van der Waals surface area contributed by atoms with E-state index in [1.807, 2.05) is 19.1 Å². The van der Waals surface area contributed by atoms with Crippen molar-refractivity contribution in [1.82, 2.24) is 5.32 Å². The Hall–Kier alpha value is -3.35. The molecular weight excluding hydrogens is 444 g/mol. The zero-order valence-electron chi connectivity index (χ0n) is 21.2. The van der Waals surface area contributed by atoms with Gasteiger partial charge in [0.2, 0.25) is 5.91 Å². The normalized spacial score (nSPS) is 12.8. The first-order valence-electron chi connectivity index (χ1n) is 12.4. The molecule has 3 rings (SSSR count). The van der Waals surface area contributed by atoms with E-state index in [-0.39, 0.29) is 30.8 Å². The minimum atomic E-state index is -0.189. The van der Waals surface area contributed by atoms with E-state index in [1.165, 1.54) is 0 Å².